The van der Waals surface area contributed by atoms with E-state index in [-0.39, 0.29) is 24.1 Å². The fraction of sp³-hybridized carbons (Fsp3) is 0.650. The fourth-order valence-electron chi connectivity index (χ4n) is 4.77. The van der Waals surface area contributed by atoms with Crippen molar-refractivity contribution in [2.24, 2.45) is 5.41 Å². The molecule has 2 atom stereocenters. The van der Waals surface area contributed by atoms with E-state index in [2.05, 4.69) is 30.4 Å². The minimum atomic E-state index is -0.0184. The summed E-state index contributed by atoms with van der Waals surface area (Å²) >= 11 is 0. The zero-order chi connectivity index (χ0) is 16.7. The van der Waals surface area contributed by atoms with Gasteiger partial charge in [0.2, 0.25) is 0 Å². The Bertz CT molecular complexity index is 635. The minimum Gasteiger partial charge on any atom is -0.396 e. The van der Waals surface area contributed by atoms with Gasteiger partial charge < -0.3 is 15.3 Å². The quantitative estimate of drug-likeness (QED) is 0.875. The summed E-state index contributed by atoms with van der Waals surface area (Å²) in [6.07, 6.45) is 6.53. The van der Waals surface area contributed by atoms with Crippen molar-refractivity contribution in [3.05, 3.63) is 34.9 Å². The number of aliphatic hydroxyl groups is 1. The summed E-state index contributed by atoms with van der Waals surface area (Å²) in [5.74, 6) is 0.634. The van der Waals surface area contributed by atoms with Crippen molar-refractivity contribution < 1.29 is 9.90 Å². The number of hydrogen-bond donors (Lipinski definition) is 2. The number of nitrogens with one attached hydrogen (secondary N) is 1. The van der Waals surface area contributed by atoms with Crippen molar-refractivity contribution in [3.8, 4) is 0 Å². The van der Waals surface area contributed by atoms with E-state index in [1.165, 1.54) is 36.0 Å². The van der Waals surface area contributed by atoms with E-state index in [1.54, 1.807) is 0 Å². The van der Waals surface area contributed by atoms with E-state index >= 15 is 0 Å². The first-order valence-corrected chi connectivity index (χ1v) is 9.38. The molecule has 0 bridgehead atoms. The summed E-state index contributed by atoms with van der Waals surface area (Å²) in [5, 5.41) is 12.8. The molecule has 0 radical (unpaired) electrons. The highest BCUT2D eigenvalue weighted by Gasteiger charge is 2.37. The summed E-state index contributed by atoms with van der Waals surface area (Å²) in [4.78, 5) is 14.6. The van der Waals surface area contributed by atoms with Crippen molar-refractivity contribution in [2.75, 3.05) is 19.7 Å². The summed E-state index contributed by atoms with van der Waals surface area (Å²) in [6.45, 7) is 3.80. The monoisotopic (exact) mass is 328 g/mol. The molecule has 4 nitrogen and oxygen atoms in total. The number of nitrogens with zero attached hydrogens (tertiary/aromatic N) is 1. The van der Waals surface area contributed by atoms with Gasteiger partial charge in [0.15, 0.2) is 0 Å². The van der Waals surface area contributed by atoms with Crippen LogP contribution in [0.25, 0.3) is 0 Å². The van der Waals surface area contributed by atoms with Crippen molar-refractivity contribution in [1.29, 1.82) is 0 Å². The number of aryl methyl sites for hydroxylation is 1. The maximum absolute atomic E-state index is 12.7. The molecular weight excluding hydrogens is 300 g/mol. The summed E-state index contributed by atoms with van der Waals surface area (Å²) in [7, 11) is 0. The van der Waals surface area contributed by atoms with E-state index in [0.29, 0.717) is 5.92 Å². The lowest BCUT2D eigenvalue weighted by molar-refractivity contribution is 0.0694. The average molecular weight is 328 g/mol. The molecule has 2 aliphatic carbocycles. The number of amides is 2. The molecule has 4 heteroatoms. The summed E-state index contributed by atoms with van der Waals surface area (Å²) in [5.41, 5.74) is 4.36. The SMILES string of the molecule is CC1(CO)CCN(C(=O)N[C@H]2C[C@H]3CCCc4cccc2c43)CC1. The first-order chi connectivity index (χ1) is 11.6. The Balaban J connectivity index is 1.44. The van der Waals surface area contributed by atoms with E-state index in [1.807, 2.05) is 4.90 Å². The molecule has 1 heterocycles. The van der Waals surface area contributed by atoms with E-state index in [0.717, 1.165) is 32.4 Å². The third kappa shape index (κ3) is 2.71. The van der Waals surface area contributed by atoms with Crippen molar-refractivity contribution in [2.45, 2.75) is 57.4 Å². The van der Waals surface area contributed by atoms with Crippen LogP contribution in [-0.4, -0.2) is 35.7 Å². The van der Waals surface area contributed by atoms with Crippen molar-refractivity contribution >= 4 is 6.03 Å². The Labute approximate surface area is 144 Å². The van der Waals surface area contributed by atoms with Gasteiger partial charge in [-0.1, -0.05) is 25.1 Å². The minimum absolute atomic E-state index is 0.0184. The average Bonchev–Trinajstić information content (AvgIpc) is 2.95. The molecule has 4 rings (SSSR count). The van der Waals surface area contributed by atoms with Crippen LogP contribution in [0.2, 0.25) is 0 Å². The van der Waals surface area contributed by atoms with Gasteiger partial charge in [-0.25, -0.2) is 4.79 Å². The molecule has 0 spiro atoms. The van der Waals surface area contributed by atoms with Crippen LogP contribution in [-0.2, 0) is 6.42 Å². The molecule has 24 heavy (non-hydrogen) atoms. The van der Waals surface area contributed by atoms with Gasteiger partial charge in [-0.05, 0) is 66.5 Å². The maximum atomic E-state index is 12.7. The number of carbonyl (C=O) groups excluding carboxylic acids is 1. The van der Waals surface area contributed by atoms with Crippen molar-refractivity contribution in [1.82, 2.24) is 10.2 Å². The molecule has 2 amide bonds. The zero-order valence-electron chi connectivity index (χ0n) is 14.6. The van der Waals surface area contributed by atoms with Crippen LogP contribution >= 0.6 is 0 Å². The second-order valence-corrected chi connectivity index (χ2v) is 8.20. The van der Waals surface area contributed by atoms with Crippen LogP contribution in [0, 0.1) is 5.41 Å². The third-order valence-corrected chi connectivity index (χ3v) is 6.47. The molecule has 1 fully saturated rings. The lowest BCUT2D eigenvalue weighted by atomic mass is 9.81. The zero-order valence-corrected chi connectivity index (χ0v) is 14.6. The van der Waals surface area contributed by atoms with Crippen LogP contribution in [0.15, 0.2) is 18.2 Å². The predicted octanol–water partition coefficient (Wildman–Crippen LogP) is 3.36. The lowest BCUT2D eigenvalue weighted by Gasteiger charge is -2.38. The predicted molar refractivity (Wildman–Crippen MR) is 94.0 cm³/mol. The number of benzene rings is 1. The first-order valence-electron chi connectivity index (χ1n) is 9.38. The Morgan fingerprint density at radius 2 is 2.17 bits per heavy atom. The number of piperidine rings is 1. The van der Waals surface area contributed by atoms with Crippen LogP contribution < -0.4 is 5.32 Å². The molecule has 1 aromatic carbocycles. The molecule has 1 saturated heterocycles. The highest BCUT2D eigenvalue weighted by atomic mass is 16.3. The molecule has 0 unspecified atom stereocenters. The number of urea groups is 1. The van der Waals surface area contributed by atoms with Crippen LogP contribution in [0.4, 0.5) is 4.79 Å². The Morgan fingerprint density at radius 3 is 2.92 bits per heavy atom. The molecule has 1 aromatic rings. The first kappa shape index (κ1) is 15.9. The van der Waals surface area contributed by atoms with Gasteiger partial charge in [0, 0.05) is 19.7 Å². The summed E-state index contributed by atoms with van der Waals surface area (Å²) < 4.78 is 0. The van der Waals surface area contributed by atoms with Gasteiger partial charge in [-0.3, -0.25) is 0 Å². The molecule has 1 aliphatic heterocycles. The van der Waals surface area contributed by atoms with Gasteiger partial charge in [-0.2, -0.15) is 0 Å². The Hall–Kier alpha value is -1.55. The Morgan fingerprint density at radius 1 is 1.38 bits per heavy atom. The summed E-state index contributed by atoms with van der Waals surface area (Å²) in [6, 6.07) is 6.84. The van der Waals surface area contributed by atoms with Gasteiger partial charge in [0.1, 0.15) is 0 Å². The maximum Gasteiger partial charge on any atom is 0.317 e. The highest BCUT2D eigenvalue weighted by molar-refractivity contribution is 5.75. The van der Waals surface area contributed by atoms with E-state index in [9.17, 15) is 9.90 Å². The second-order valence-electron chi connectivity index (χ2n) is 8.20. The number of rotatable bonds is 2. The molecule has 130 valence electrons. The largest absolute Gasteiger partial charge is 0.396 e. The van der Waals surface area contributed by atoms with Crippen LogP contribution in [0.5, 0.6) is 0 Å². The van der Waals surface area contributed by atoms with Crippen LogP contribution in [0.1, 0.15) is 67.7 Å². The lowest BCUT2D eigenvalue weighted by Crippen LogP contribution is -2.48. The smallest absolute Gasteiger partial charge is 0.317 e. The molecule has 0 saturated carbocycles. The molecule has 2 N–H and O–H groups in total. The standard InChI is InChI=1S/C20H28N2O2/c1-20(13-23)8-10-22(11-9-20)19(24)21-17-12-15-6-2-4-14-5-3-7-16(17)18(14)15/h3,5,7,15,17,23H,2,4,6,8-13H2,1H3,(H,21,24)/t15-,17+/m1/s1. The third-order valence-electron chi connectivity index (χ3n) is 6.47. The topological polar surface area (TPSA) is 52.6 Å². The fourth-order valence-corrected chi connectivity index (χ4v) is 4.77. The van der Waals surface area contributed by atoms with Gasteiger partial charge >= 0.3 is 6.03 Å². The molecule has 0 aromatic heterocycles. The van der Waals surface area contributed by atoms with E-state index < -0.39 is 0 Å². The van der Waals surface area contributed by atoms with Gasteiger partial charge in [0.05, 0.1) is 6.04 Å². The van der Waals surface area contributed by atoms with Crippen LogP contribution in [0.3, 0.4) is 0 Å². The number of carbonyl (C=O) groups is 1. The van der Waals surface area contributed by atoms with Crippen molar-refractivity contribution in [3.63, 3.8) is 0 Å². The van der Waals surface area contributed by atoms with Gasteiger partial charge in [0.25, 0.3) is 0 Å². The molecule has 3 aliphatic rings. The van der Waals surface area contributed by atoms with Gasteiger partial charge in [-0.15, -0.1) is 0 Å². The number of hydrogen-bond acceptors (Lipinski definition) is 2. The number of aliphatic hydroxyl groups excluding tert-OH is 1. The normalized spacial score (nSPS) is 27.7. The number of likely N-dealkylation sites (tertiary alicyclic amines) is 1. The Kier molecular flexibility index (Phi) is 4.03. The highest BCUT2D eigenvalue weighted by Crippen LogP contribution is 2.47. The molecular formula is C20H28N2O2. The van der Waals surface area contributed by atoms with E-state index in [4.69, 9.17) is 0 Å². The second kappa shape index (κ2) is 6.07.